The quantitative estimate of drug-likeness (QED) is 0.836. The summed E-state index contributed by atoms with van der Waals surface area (Å²) in [5, 5.41) is 10.0. The zero-order chi connectivity index (χ0) is 21.5. The molecule has 6 nitrogen and oxygen atoms in total. The van der Waals surface area contributed by atoms with Crippen LogP contribution in [0.25, 0.3) is 0 Å². The van der Waals surface area contributed by atoms with Gasteiger partial charge in [-0.25, -0.2) is 0 Å². The highest BCUT2D eigenvalue weighted by atomic mass is 16.5. The zero-order valence-electron chi connectivity index (χ0n) is 17.3. The molecule has 4 rings (SSSR count). The molecule has 2 N–H and O–H groups in total. The SMILES string of the molecule is COc1ccc(N2C(N)=C(C#N)[C@H](c3cccnc3)C3=C2CC(C)(C)CC3=O)cc1. The lowest BCUT2D eigenvalue weighted by atomic mass is 9.68. The second-order valence-electron chi connectivity index (χ2n) is 8.46. The molecule has 152 valence electrons. The zero-order valence-corrected chi connectivity index (χ0v) is 17.3. The van der Waals surface area contributed by atoms with Crippen LogP contribution in [0.4, 0.5) is 5.69 Å². The number of hydrogen-bond acceptors (Lipinski definition) is 6. The van der Waals surface area contributed by atoms with Gasteiger partial charge in [-0.2, -0.15) is 5.26 Å². The molecule has 1 aliphatic carbocycles. The standard InChI is InChI=1S/C24H24N4O2/c1-24(2)11-19-22(20(29)12-24)21(15-5-4-10-27-14-15)18(13-25)23(26)28(19)16-6-8-17(30-3)9-7-16/h4-10,14,21H,11-12,26H2,1-3H3/t21-/m0/s1. The Labute approximate surface area is 176 Å². The minimum Gasteiger partial charge on any atom is -0.497 e. The molecule has 6 heteroatoms. The van der Waals surface area contributed by atoms with Crippen molar-refractivity contribution in [3.63, 3.8) is 0 Å². The van der Waals surface area contributed by atoms with Gasteiger partial charge in [0.1, 0.15) is 11.6 Å². The first-order valence-corrected chi connectivity index (χ1v) is 9.86. The van der Waals surface area contributed by atoms with Gasteiger partial charge in [0.05, 0.1) is 24.7 Å². The summed E-state index contributed by atoms with van der Waals surface area (Å²) in [5.74, 6) is 0.618. The average molecular weight is 400 g/mol. The van der Waals surface area contributed by atoms with Crippen LogP contribution in [-0.2, 0) is 4.79 Å². The Kier molecular flexibility index (Phi) is 4.83. The van der Waals surface area contributed by atoms with E-state index in [4.69, 9.17) is 10.5 Å². The number of methoxy groups -OCH3 is 1. The summed E-state index contributed by atoms with van der Waals surface area (Å²) in [5.41, 5.74) is 9.84. The predicted molar refractivity (Wildman–Crippen MR) is 114 cm³/mol. The molecule has 1 aromatic carbocycles. The van der Waals surface area contributed by atoms with Crippen LogP contribution in [0.5, 0.6) is 5.75 Å². The topological polar surface area (TPSA) is 92.2 Å². The highest BCUT2D eigenvalue weighted by Crippen LogP contribution is 2.50. The van der Waals surface area contributed by atoms with E-state index in [1.807, 2.05) is 41.3 Å². The van der Waals surface area contributed by atoms with Gasteiger partial charge in [-0.05, 0) is 47.7 Å². The molecule has 0 radical (unpaired) electrons. The van der Waals surface area contributed by atoms with Crippen molar-refractivity contribution in [3.8, 4) is 11.8 Å². The van der Waals surface area contributed by atoms with Crippen LogP contribution in [0, 0.1) is 16.7 Å². The smallest absolute Gasteiger partial charge is 0.162 e. The van der Waals surface area contributed by atoms with E-state index in [0.29, 0.717) is 29.8 Å². The van der Waals surface area contributed by atoms with Crippen molar-refractivity contribution in [2.75, 3.05) is 12.0 Å². The molecule has 2 heterocycles. The van der Waals surface area contributed by atoms with Gasteiger partial charge in [-0.15, -0.1) is 0 Å². The second-order valence-corrected chi connectivity index (χ2v) is 8.46. The van der Waals surface area contributed by atoms with E-state index in [1.165, 1.54) is 0 Å². The minimum atomic E-state index is -0.503. The Morgan fingerprint density at radius 1 is 1.23 bits per heavy atom. The normalized spacial score (nSPS) is 20.7. The van der Waals surface area contributed by atoms with Gasteiger partial charge in [0.2, 0.25) is 0 Å². The third-order valence-electron chi connectivity index (χ3n) is 5.73. The number of allylic oxidation sites excluding steroid dienone is 3. The van der Waals surface area contributed by atoms with Crippen molar-refractivity contribution in [3.05, 3.63) is 77.0 Å². The molecular weight excluding hydrogens is 376 g/mol. The molecule has 0 unspecified atom stereocenters. The molecule has 0 saturated carbocycles. The number of aromatic nitrogens is 1. The number of pyridine rings is 1. The maximum absolute atomic E-state index is 13.4. The monoisotopic (exact) mass is 400 g/mol. The molecule has 0 bridgehead atoms. The fourth-order valence-corrected chi connectivity index (χ4v) is 4.42. The molecule has 1 aromatic heterocycles. The van der Waals surface area contributed by atoms with Crippen molar-refractivity contribution in [2.45, 2.75) is 32.6 Å². The average Bonchev–Trinajstić information content (AvgIpc) is 2.73. The molecule has 2 aromatic rings. The van der Waals surface area contributed by atoms with Gasteiger partial charge < -0.3 is 10.5 Å². The molecular formula is C24H24N4O2. The molecule has 1 atom stereocenters. The van der Waals surface area contributed by atoms with Gasteiger partial charge in [0, 0.05) is 35.8 Å². The third kappa shape index (κ3) is 3.22. The lowest BCUT2D eigenvalue weighted by Gasteiger charge is -2.43. The van der Waals surface area contributed by atoms with Crippen LogP contribution in [0.2, 0.25) is 0 Å². The Hall–Kier alpha value is -3.59. The highest BCUT2D eigenvalue weighted by molar-refractivity contribution is 6.01. The molecule has 0 spiro atoms. The van der Waals surface area contributed by atoms with Gasteiger partial charge >= 0.3 is 0 Å². The second kappa shape index (κ2) is 7.34. The first-order chi connectivity index (χ1) is 14.4. The largest absolute Gasteiger partial charge is 0.497 e. The Bertz CT molecular complexity index is 1090. The van der Waals surface area contributed by atoms with E-state index in [9.17, 15) is 10.1 Å². The molecule has 0 fully saturated rings. The van der Waals surface area contributed by atoms with E-state index in [-0.39, 0.29) is 11.2 Å². The van der Waals surface area contributed by atoms with Crippen LogP contribution in [-0.4, -0.2) is 17.9 Å². The number of Topliss-reactive ketones (excluding diaryl/α,β-unsaturated/α-hetero) is 1. The van der Waals surface area contributed by atoms with Crippen molar-refractivity contribution in [1.29, 1.82) is 5.26 Å². The molecule has 2 aliphatic rings. The van der Waals surface area contributed by atoms with E-state index in [1.54, 1.807) is 19.5 Å². The Morgan fingerprint density at radius 3 is 2.57 bits per heavy atom. The highest BCUT2D eigenvalue weighted by Gasteiger charge is 2.44. The van der Waals surface area contributed by atoms with E-state index in [2.05, 4.69) is 24.9 Å². The number of benzene rings is 1. The molecule has 1 aliphatic heterocycles. The van der Waals surface area contributed by atoms with Gasteiger partial charge in [0.15, 0.2) is 5.78 Å². The number of ether oxygens (including phenoxy) is 1. The molecule has 0 saturated heterocycles. The summed E-state index contributed by atoms with van der Waals surface area (Å²) in [4.78, 5) is 19.4. The maximum Gasteiger partial charge on any atom is 0.162 e. The number of anilines is 1. The molecule has 0 amide bonds. The number of nitriles is 1. The summed E-state index contributed by atoms with van der Waals surface area (Å²) >= 11 is 0. The van der Waals surface area contributed by atoms with Crippen LogP contribution >= 0.6 is 0 Å². The summed E-state index contributed by atoms with van der Waals surface area (Å²) in [6.45, 7) is 4.17. The number of ketones is 1. The van der Waals surface area contributed by atoms with Crippen LogP contribution in [0.1, 0.15) is 38.2 Å². The van der Waals surface area contributed by atoms with Crippen molar-refractivity contribution >= 4 is 11.5 Å². The minimum absolute atomic E-state index is 0.0499. The summed E-state index contributed by atoms with van der Waals surface area (Å²) in [6.07, 6.45) is 4.49. The number of carbonyl (C=O) groups excluding carboxylic acids is 1. The fraction of sp³-hybridized carbons (Fsp3) is 0.292. The van der Waals surface area contributed by atoms with E-state index >= 15 is 0 Å². The lowest BCUT2D eigenvalue weighted by Crippen LogP contribution is -2.42. The number of carbonyl (C=O) groups is 1. The van der Waals surface area contributed by atoms with Crippen molar-refractivity contribution in [1.82, 2.24) is 4.98 Å². The van der Waals surface area contributed by atoms with Crippen LogP contribution in [0.15, 0.2) is 71.5 Å². The molecule has 30 heavy (non-hydrogen) atoms. The third-order valence-corrected chi connectivity index (χ3v) is 5.73. The fourth-order valence-electron chi connectivity index (χ4n) is 4.42. The summed E-state index contributed by atoms with van der Waals surface area (Å²) in [7, 11) is 1.61. The van der Waals surface area contributed by atoms with Gasteiger partial charge in [-0.3, -0.25) is 14.7 Å². The van der Waals surface area contributed by atoms with Crippen LogP contribution < -0.4 is 15.4 Å². The first-order valence-electron chi connectivity index (χ1n) is 9.86. The number of hydrogen-bond donors (Lipinski definition) is 1. The van der Waals surface area contributed by atoms with Crippen molar-refractivity contribution in [2.24, 2.45) is 11.1 Å². The predicted octanol–water partition coefficient (Wildman–Crippen LogP) is 4.03. The van der Waals surface area contributed by atoms with Crippen LogP contribution in [0.3, 0.4) is 0 Å². The van der Waals surface area contributed by atoms with E-state index < -0.39 is 5.92 Å². The number of nitrogens with zero attached hydrogens (tertiary/aromatic N) is 3. The van der Waals surface area contributed by atoms with E-state index in [0.717, 1.165) is 22.7 Å². The summed E-state index contributed by atoms with van der Waals surface area (Å²) in [6, 6.07) is 13.4. The Balaban J connectivity index is 1.97. The first kappa shape index (κ1) is 19.7. The summed E-state index contributed by atoms with van der Waals surface area (Å²) < 4.78 is 5.27. The Morgan fingerprint density at radius 2 is 1.97 bits per heavy atom. The number of nitrogens with two attached hydrogens (primary N) is 1. The number of rotatable bonds is 3. The van der Waals surface area contributed by atoms with Gasteiger partial charge in [-0.1, -0.05) is 19.9 Å². The maximum atomic E-state index is 13.4. The van der Waals surface area contributed by atoms with Gasteiger partial charge in [0.25, 0.3) is 0 Å². The lowest BCUT2D eigenvalue weighted by molar-refractivity contribution is -0.118. The van der Waals surface area contributed by atoms with Crippen molar-refractivity contribution < 1.29 is 9.53 Å².